The van der Waals surface area contributed by atoms with Gasteiger partial charge in [0.05, 0.1) is 25.3 Å². The van der Waals surface area contributed by atoms with Gasteiger partial charge < -0.3 is 19.7 Å². The molecule has 0 bridgehead atoms. The maximum atomic E-state index is 13.0. The number of likely N-dealkylation sites (tertiary alicyclic amines) is 1. The Labute approximate surface area is 185 Å². The summed E-state index contributed by atoms with van der Waals surface area (Å²) in [7, 11) is 3.05. The third kappa shape index (κ3) is 4.30. The number of methoxy groups -OCH3 is 2. The van der Waals surface area contributed by atoms with Crippen LogP contribution in [0.15, 0.2) is 53.3 Å². The molecule has 166 valence electrons. The van der Waals surface area contributed by atoms with Gasteiger partial charge in [-0.05, 0) is 18.9 Å². The quantitative estimate of drug-likeness (QED) is 0.643. The fraction of sp³-hybridized carbons (Fsp3) is 0.292. The van der Waals surface area contributed by atoms with Gasteiger partial charge in [-0.25, -0.2) is 0 Å². The van der Waals surface area contributed by atoms with E-state index < -0.39 is 5.56 Å². The Hall–Kier alpha value is -3.81. The Kier molecular flexibility index (Phi) is 6.11. The summed E-state index contributed by atoms with van der Waals surface area (Å²) in [4.78, 5) is 40.5. The van der Waals surface area contributed by atoms with Crippen LogP contribution in [0.5, 0.6) is 11.5 Å². The highest BCUT2D eigenvalue weighted by atomic mass is 16.5. The normalized spacial score (nSPS) is 13.2. The van der Waals surface area contributed by atoms with Crippen LogP contribution in [0.2, 0.25) is 0 Å². The highest BCUT2D eigenvalue weighted by Crippen LogP contribution is 2.26. The second-order valence-corrected chi connectivity index (χ2v) is 7.65. The third-order valence-electron chi connectivity index (χ3n) is 5.58. The number of fused-ring (bicyclic) bond motifs is 1. The Morgan fingerprint density at radius 2 is 1.62 bits per heavy atom. The highest BCUT2D eigenvalue weighted by molar-refractivity contribution is 6.06. The lowest BCUT2D eigenvalue weighted by Crippen LogP contribution is -2.32. The number of hydrogen-bond donors (Lipinski definition) is 1. The van der Waals surface area contributed by atoms with Crippen LogP contribution < -0.4 is 20.3 Å². The average Bonchev–Trinajstić information content (AvgIpc) is 3.35. The molecule has 0 unspecified atom stereocenters. The molecular weight excluding hydrogens is 410 g/mol. The van der Waals surface area contributed by atoms with Crippen molar-refractivity contribution >= 4 is 28.4 Å². The molecular formula is C24H25N3O5. The SMILES string of the molecule is COc1cc(NC(=O)Cn2c(=O)cc(C(=O)N3CCCC3)c3ccccc32)cc(OC)c1. The topological polar surface area (TPSA) is 89.9 Å². The van der Waals surface area contributed by atoms with Crippen LogP contribution in [-0.4, -0.2) is 48.6 Å². The molecule has 4 rings (SSSR count). The van der Waals surface area contributed by atoms with Gasteiger partial charge in [-0.3, -0.25) is 19.0 Å². The number of carbonyl (C=O) groups is 2. The number of pyridine rings is 1. The van der Waals surface area contributed by atoms with E-state index >= 15 is 0 Å². The van der Waals surface area contributed by atoms with Crippen molar-refractivity contribution in [3.05, 3.63) is 64.4 Å². The molecule has 8 nitrogen and oxygen atoms in total. The molecule has 0 radical (unpaired) electrons. The van der Waals surface area contributed by atoms with Gasteiger partial charge in [0.25, 0.3) is 11.5 Å². The largest absolute Gasteiger partial charge is 0.497 e. The van der Waals surface area contributed by atoms with E-state index in [0.717, 1.165) is 12.8 Å². The average molecular weight is 435 g/mol. The van der Waals surface area contributed by atoms with Gasteiger partial charge in [-0.1, -0.05) is 18.2 Å². The summed E-state index contributed by atoms with van der Waals surface area (Å²) in [6, 6.07) is 13.5. The standard InChI is InChI=1S/C24H25N3O5/c1-31-17-11-16(12-18(13-17)32-2)25-22(28)15-27-21-8-4-3-7-19(21)20(14-23(27)29)24(30)26-9-5-6-10-26/h3-4,7-8,11-14H,5-6,9-10,15H2,1-2H3,(H,25,28). The number of rotatable bonds is 6. The van der Waals surface area contributed by atoms with Crippen molar-refractivity contribution in [2.45, 2.75) is 19.4 Å². The van der Waals surface area contributed by atoms with Crippen molar-refractivity contribution in [3.8, 4) is 11.5 Å². The summed E-state index contributed by atoms with van der Waals surface area (Å²) < 4.78 is 11.8. The number of ether oxygens (including phenoxy) is 2. The summed E-state index contributed by atoms with van der Waals surface area (Å²) in [5.74, 6) is 0.543. The fourth-order valence-electron chi connectivity index (χ4n) is 3.99. The Balaban J connectivity index is 1.64. The van der Waals surface area contributed by atoms with E-state index in [1.807, 2.05) is 6.07 Å². The van der Waals surface area contributed by atoms with Crippen molar-refractivity contribution in [2.24, 2.45) is 0 Å². The minimum absolute atomic E-state index is 0.143. The predicted octanol–water partition coefficient (Wildman–Crippen LogP) is 2.89. The molecule has 1 aromatic heterocycles. The molecule has 0 spiro atoms. The third-order valence-corrected chi connectivity index (χ3v) is 5.58. The zero-order valence-corrected chi connectivity index (χ0v) is 18.1. The van der Waals surface area contributed by atoms with E-state index in [-0.39, 0.29) is 18.4 Å². The van der Waals surface area contributed by atoms with Crippen LogP contribution >= 0.6 is 0 Å². The van der Waals surface area contributed by atoms with Crippen molar-refractivity contribution in [1.82, 2.24) is 9.47 Å². The Morgan fingerprint density at radius 1 is 0.969 bits per heavy atom. The molecule has 2 heterocycles. The molecule has 1 N–H and O–H groups in total. The molecule has 2 aromatic carbocycles. The smallest absolute Gasteiger partial charge is 0.254 e. The molecule has 1 aliphatic heterocycles. The van der Waals surface area contributed by atoms with Gasteiger partial charge in [0, 0.05) is 48.4 Å². The van der Waals surface area contributed by atoms with Crippen LogP contribution in [0.4, 0.5) is 5.69 Å². The van der Waals surface area contributed by atoms with Crippen molar-refractivity contribution in [3.63, 3.8) is 0 Å². The Morgan fingerprint density at radius 3 is 2.28 bits per heavy atom. The molecule has 1 saturated heterocycles. The van der Waals surface area contributed by atoms with E-state index in [2.05, 4.69) is 5.32 Å². The molecule has 1 aliphatic rings. The first kappa shape index (κ1) is 21.4. The number of nitrogens with zero attached hydrogens (tertiary/aromatic N) is 2. The first-order valence-electron chi connectivity index (χ1n) is 10.4. The van der Waals surface area contributed by atoms with Crippen molar-refractivity contribution in [1.29, 1.82) is 0 Å². The minimum Gasteiger partial charge on any atom is -0.497 e. The van der Waals surface area contributed by atoms with Crippen LogP contribution in [-0.2, 0) is 11.3 Å². The summed E-state index contributed by atoms with van der Waals surface area (Å²) in [5, 5.41) is 3.43. The van der Waals surface area contributed by atoms with Crippen LogP contribution in [0.25, 0.3) is 10.9 Å². The lowest BCUT2D eigenvalue weighted by Gasteiger charge is -2.18. The number of para-hydroxylation sites is 1. The molecule has 8 heteroatoms. The number of anilines is 1. The maximum Gasteiger partial charge on any atom is 0.254 e. The predicted molar refractivity (Wildman–Crippen MR) is 122 cm³/mol. The van der Waals surface area contributed by atoms with E-state index in [9.17, 15) is 14.4 Å². The second kappa shape index (κ2) is 9.13. The van der Waals surface area contributed by atoms with Crippen LogP contribution in [0, 0.1) is 0 Å². The van der Waals surface area contributed by atoms with Crippen molar-refractivity contribution < 1.29 is 19.1 Å². The molecule has 32 heavy (non-hydrogen) atoms. The maximum absolute atomic E-state index is 13.0. The first-order chi connectivity index (χ1) is 15.5. The molecule has 0 saturated carbocycles. The number of benzene rings is 2. The van der Waals surface area contributed by atoms with E-state index in [1.54, 1.807) is 41.3 Å². The summed E-state index contributed by atoms with van der Waals surface area (Å²) in [5.41, 5.74) is 1.01. The fourth-order valence-corrected chi connectivity index (χ4v) is 3.99. The molecule has 1 fully saturated rings. The molecule has 3 aromatic rings. The highest BCUT2D eigenvalue weighted by Gasteiger charge is 2.23. The zero-order valence-electron chi connectivity index (χ0n) is 18.1. The lowest BCUT2D eigenvalue weighted by atomic mass is 10.1. The number of carbonyl (C=O) groups excluding carboxylic acids is 2. The van der Waals surface area contributed by atoms with Gasteiger partial charge in [0.15, 0.2) is 0 Å². The van der Waals surface area contributed by atoms with Gasteiger partial charge >= 0.3 is 0 Å². The minimum atomic E-state index is -0.399. The van der Waals surface area contributed by atoms with E-state index in [4.69, 9.17) is 9.47 Å². The van der Waals surface area contributed by atoms with Gasteiger partial charge in [0.2, 0.25) is 5.91 Å². The summed E-state index contributed by atoms with van der Waals surface area (Å²) in [6.07, 6.45) is 1.94. The van der Waals surface area contributed by atoms with Crippen LogP contribution in [0.1, 0.15) is 23.2 Å². The monoisotopic (exact) mass is 435 g/mol. The zero-order chi connectivity index (χ0) is 22.7. The van der Waals surface area contributed by atoms with Gasteiger partial charge in [-0.2, -0.15) is 0 Å². The van der Waals surface area contributed by atoms with Gasteiger partial charge in [-0.15, -0.1) is 0 Å². The number of nitrogens with one attached hydrogen (secondary N) is 1. The Bertz CT molecular complexity index is 1210. The van der Waals surface area contributed by atoms with Crippen molar-refractivity contribution in [2.75, 3.05) is 32.6 Å². The van der Waals surface area contributed by atoms with E-state index in [0.29, 0.717) is 46.7 Å². The number of hydrogen-bond acceptors (Lipinski definition) is 5. The molecule has 2 amide bonds. The second-order valence-electron chi connectivity index (χ2n) is 7.65. The first-order valence-corrected chi connectivity index (χ1v) is 10.4. The van der Waals surface area contributed by atoms with E-state index in [1.165, 1.54) is 24.9 Å². The number of amides is 2. The molecule has 0 atom stereocenters. The lowest BCUT2D eigenvalue weighted by molar-refractivity contribution is -0.116. The number of aromatic nitrogens is 1. The van der Waals surface area contributed by atoms with Crippen LogP contribution in [0.3, 0.4) is 0 Å². The summed E-state index contributed by atoms with van der Waals surface area (Å²) >= 11 is 0. The molecule has 0 aliphatic carbocycles. The summed E-state index contributed by atoms with van der Waals surface area (Å²) in [6.45, 7) is 1.20. The van der Waals surface area contributed by atoms with Gasteiger partial charge in [0.1, 0.15) is 18.0 Å².